The molecule has 1 aromatic rings. The van der Waals surface area contributed by atoms with Crippen molar-refractivity contribution in [2.24, 2.45) is 0 Å². The van der Waals surface area contributed by atoms with E-state index in [1.165, 1.54) is 0 Å². The van der Waals surface area contributed by atoms with Gasteiger partial charge in [0.15, 0.2) is 0 Å². The van der Waals surface area contributed by atoms with E-state index in [1.807, 2.05) is 0 Å². The minimum Gasteiger partial charge on any atom is -0.305 e. The van der Waals surface area contributed by atoms with Crippen LogP contribution in [0, 0.1) is 0 Å². The van der Waals surface area contributed by atoms with Gasteiger partial charge in [-0.1, -0.05) is 0 Å². The molecule has 78 valence electrons. The number of nitrogens with zero attached hydrogens (tertiary/aromatic N) is 4. The molecule has 8 heteroatoms. The highest BCUT2D eigenvalue weighted by atomic mass is 19.4. The first kappa shape index (κ1) is 9.38. The van der Waals surface area contributed by atoms with Gasteiger partial charge in [0.1, 0.15) is 5.82 Å². The molecule has 0 radical (unpaired) electrons. The van der Waals surface area contributed by atoms with Crippen molar-refractivity contribution >= 4 is 0 Å². The molecule has 2 rings (SSSR count). The van der Waals surface area contributed by atoms with E-state index in [0.29, 0.717) is 5.12 Å². The van der Waals surface area contributed by atoms with Crippen LogP contribution in [0.4, 0.5) is 17.7 Å². The van der Waals surface area contributed by atoms with Crippen molar-refractivity contribution in [2.45, 2.75) is 19.3 Å². The molecule has 0 aromatic carbocycles. The molecular formula is C6H6F4N4. The van der Waals surface area contributed by atoms with E-state index in [2.05, 4.69) is 10.2 Å². The van der Waals surface area contributed by atoms with Crippen molar-refractivity contribution in [1.29, 1.82) is 0 Å². The van der Waals surface area contributed by atoms with Gasteiger partial charge >= 0.3 is 6.18 Å². The van der Waals surface area contributed by atoms with Crippen LogP contribution in [0.1, 0.15) is 11.6 Å². The van der Waals surface area contributed by atoms with Crippen molar-refractivity contribution in [3.63, 3.8) is 0 Å². The molecule has 0 spiro atoms. The van der Waals surface area contributed by atoms with Crippen molar-refractivity contribution in [2.75, 3.05) is 6.54 Å². The second-order valence-electron chi connectivity index (χ2n) is 2.93. The highest BCUT2D eigenvalue weighted by Crippen LogP contribution is 2.29. The van der Waals surface area contributed by atoms with E-state index < -0.39 is 12.0 Å². The Morgan fingerprint density at radius 3 is 2.50 bits per heavy atom. The van der Waals surface area contributed by atoms with Gasteiger partial charge < -0.3 is 4.57 Å². The lowest BCUT2D eigenvalue weighted by Crippen LogP contribution is -2.30. The first-order valence-electron chi connectivity index (χ1n) is 3.88. The summed E-state index contributed by atoms with van der Waals surface area (Å²) in [5, 5.41) is 6.69. The van der Waals surface area contributed by atoms with Crippen molar-refractivity contribution in [3.05, 3.63) is 11.6 Å². The van der Waals surface area contributed by atoms with E-state index in [-0.39, 0.29) is 25.5 Å². The molecule has 0 saturated heterocycles. The normalized spacial score (nSPS) is 18.3. The van der Waals surface area contributed by atoms with Crippen molar-refractivity contribution in [1.82, 2.24) is 19.9 Å². The molecule has 0 unspecified atom stereocenters. The summed E-state index contributed by atoms with van der Waals surface area (Å²) >= 11 is 0. The van der Waals surface area contributed by atoms with Gasteiger partial charge in [0, 0.05) is 13.1 Å². The second kappa shape index (κ2) is 2.91. The van der Waals surface area contributed by atoms with E-state index in [4.69, 9.17) is 0 Å². The van der Waals surface area contributed by atoms with Gasteiger partial charge in [-0.15, -0.1) is 19.8 Å². The smallest absolute Gasteiger partial charge is 0.305 e. The molecule has 0 N–H and O–H groups in total. The molecule has 0 fully saturated rings. The van der Waals surface area contributed by atoms with Crippen LogP contribution >= 0.6 is 0 Å². The Morgan fingerprint density at radius 1 is 1.14 bits per heavy atom. The van der Waals surface area contributed by atoms with Gasteiger partial charge in [-0.3, -0.25) is 0 Å². The third kappa shape index (κ3) is 1.45. The van der Waals surface area contributed by atoms with E-state index in [0.717, 1.165) is 4.57 Å². The Hall–Kier alpha value is -1.18. The molecule has 1 aliphatic heterocycles. The first-order valence-corrected chi connectivity index (χ1v) is 3.88. The van der Waals surface area contributed by atoms with E-state index in [9.17, 15) is 17.7 Å². The van der Waals surface area contributed by atoms with Crippen LogP contribution in [0.2, 0.25) is 0 Å². The van der Waals surface area contributed by atoms with Gasteiger partial charge in [-0.05, 0) is 0 Å². The highest BCUT2D eigenvalue weighted by Gasteiger charge is 2.39. The molecule has 0 atom stereocenters. The fourth-order valence-electron chi connectivity index (χ4n) is 1.34. The van der Waals surface area contributed by atoms with Crippen LogP contribution < -0.4 is 0 Å². The first-order chi connectivity index (χ1) is 6.48. The van der Waals surface area contributed by atoms with Gasteiger partial charge in [-0.2, -0.15) is 13.2 Å². The Kier molecular flexibility index (Phi) is 1.95. The summed E-state index contributed by atoms with van der Waals surface area (Å²) < 4.78 is 50.4. The number of rotatable bonds is 0. The van der Waals surface area contributed by atoms with Crippen LogP contribution in [0.5, 0.6) is 0 Å². The number of alkyl halides is 3. The molecule has 0 aliphatic carbocycles. The maximum absolute atomic E-state index is 12.6. The van der Waals surface area contributed by atoms with Crippen LogP contribution in [-0.4, -0.2) is 26.4 Å². The van der Waals surface area contributed by atoms with Crippen molar-refractivity contribution in [3.8, 4) is 0 Å². The van der Waals surface area contributed by atoms with Gasteiger partial charge in [0.05, 0.1) is 6.54 Å². The third-order valence-corrected chi connectivity index (χ3v) is 1.96. The maximum Gasteiger partial charge on any atom is 0.451 e. The maximum atomic E-state index is 12.6. The molecule has 1 aliphatic rings. The minimum absolute atomic E-state index is 0.00563. The molecule has 4 nitrogen and oxygen atoms in total. The summed E-state index contributed by atoms with van der Waals surface area (Å²) in [6, 6.07) is 0. The summed E-state index contributed by atoms with van der Waals surface area (Å²) in [4.78, 5) is 0. The van der Waals surface area contributed by atoms with Crippen LogP contribution in [-0.2, 0) is 19.3 Å². The topological polar surface area (TPSA) is 34.0 Å². The predicted molar refractivity (Wildman–Crippen MR) is 36.5 cm³/mol. The van der Waals surface area contributed by atoms with Gasteiger partial charge in [0.2, 0.25) is 5.82 Å². The Balaban J connectivity index is 2.38. The fraction of sp³-hybridized carbons (Fsp3) is 0.667. The largest absolute Gasteiger partial charge is 0.451 e. The summed E-state index contributed by atoms with van der Waals surface area (Å²) in [7, 11) is 0. The van der Waals surface area contributed by atoms with E-state index >= 15 is 0 Å². The van der Waals surface area contributed by atoms with Crippen molar-refractivity contribution < 1.29 is 17.7 Å². The SMILES string of the molecule is FN1CCn2c(nnc2C(F)(F)F)C1. The standard InChI is InChI=1S/C6H6F4N4/c7-6(8,9)5-12-11-4-3-13(10)1-2-14(4)5/h1-3H2. The Bertz CT molecular complexity index is 344. The predicted octanol–water partition coefficient (Wildman–Crippen LogP) is 0.997. The molecule has 0 amide bonds. The van der Waals surface area contributed by atoms with E-state index in [1.54, 1.807) is 0 Å². The summed E-state index contributed by atoms with van der Waals surface area (Å²) in [5.74, 6) is -1.05. The molecule has 14 heavy (non-hydrogen) atoms. The Morgan fingerprint density at radius 2 is 1.86 bits per heavy atom. The zero-order chi connectivity index (χ0) is 10.3. The highest BCUT2D eigenvalue weighted by molar-refractivity contribution is 5.01. The molecule has 0 bridgehead atoms. The minimum atomic E-state index is -4.52. The lowest BCUT2D eigenvalue weighted by molar-refractivity contribution is -0.148. The fourth-order valence-corrected chi connectivity index (χ4v) is 1.34. The van der Waals surface area contributed by atoms with Crippen LogP contribution in [0.25, 0.3) is 0 Å². The number of halogens is 4. The number of hydrogen-bond donors (Lipinski definition) is 0. The number of hydrogen-bond acceptors (Lipinski definition) is 3. The zero-order valence-corrected chi connectivity index (χ0v) is 6.92. The lowest BCUT2D eigenvalue weighted by atomic mass is 10.4. The zero-order valence-electron chi connectivity index (χ0n) is 6.92. The average Bonchev–Trinajstić information content (AvgIpc) is 2.45. The number of fused-ring (bicyclic) bond motifs is 1. The number of aromatic nitrogens is 3. The summed E-state index contributed by atoms with van der Waals surface area (Å²) in [5.41, 5.74) is 0. The summed E-state index contributed by atoms with van der Waals surface area (Å²) in [6.45, 7) is -0.398. The van der Waals surface area contributed by atoms with Gasteiger partial charge in [0.25, 0.3) is 0 Å². The monoisotopic (exact) mass is 210 g/mol. The van der Waals surface area contributed by atoms with Crippen LogP contribution in [0.15, 0.2) is 0 Å². The molecule has 0 saturated carbocycles. The molecule has 2 heterocycles. The van der Waals surface area contributed by atoms with Crippen LogP contribution in [0.3, 0.4) is 0 Å². The second-order valence-corrected chi connectivity index (χ2v) is 2.93. The summed E-state index contributed by atoms with van der Waals surface area (Å²) in [6.07, 6.45) is -4.52. The molecular weight excluding hydrogens is 204 g/mol. The van der Waals surface area contributed by atoms with Gasteiger partial charge in [-0.25, -0.2) is 0 Å². The quantitative estimate of drug-likeness (QED) is 0.473. The lowest BCUT2D eigenvalue weighted by Gasteiger charge is -2.20. The average molecular weight is 210 g/mol. The molecule has 1 aromatic heterocycles. The Labute approximate surface area is 76.1 Å². The third-order valence-electron chi connectivity index (χ3n) is 1.96.